The molecule has 3 aliphatic rings. The van der Waals surface area contributed by atoms with Crippen molar-refractivity contribution >= 4 is 40.7 Å². The van der Waals surface area contributed by atoms with Gasteiger partial charge in [0.25, 0.3) is 0 Å². The first-order chi connectivity index (χ1) is 17.5. The Kier molecular flexibility index (Phi) is 5.61. The van der Waals surface area contributed by atoms with E-state index in [9.17, 15) is 39.3 Å². The lowest BCUT2D eigenvalue weighted by atomic mass is 9.51. The largest absolute Gasteiger partial charge is 0.507 e. The van der Waals surface area contributed by atoms with E-state index in [-0.39, 0.29) is 11.1 Å². The molecule has 2 aromatic carbocycles. The molecule has 0 saturated heterocycles. The lowest BCUT2D eigenvalue weighted by Crippen LogP contribution is -2.72. The molecule has 2 saturated carbocycles. The number of nitrogens with two attached hydrogens (primary N) is 1. The molecule has 6 atom stereocenters. The Hall–Kier alpha value is -4.15. The monoisotopic (exact) mass is 505 g/mol. The fourth-order valence-corrected chi connectivity index (χ4v) is 5.91. The summed E-state index contributed by atoms with van der Waals surface area (Å²) in [5, 5.41) is 33.4. The van der Waals surface area contributed by atoms with E-state index in [1.54, 1.807) is 36.4 Å². The van der Waals surface area contributed by atoms with Gasteiger partial charge in [-0.05, 0) is 34.9 Å². The van der Waals surface area contributed by atoms with Gasteiger partial charge in [-0.2, -0.15) is 0 Å². The first kappa shape index (κ1) is 24.5. The van der Waals surface area contributed by atoms with Crippen LogP contribution in [0.5, 0.6) is 11.5 Å². The normalized spacial score (nSPS) is 32.0. The highest BCUT2D eigenvalue weighted by Gasteiger charge is 2.69. The van der Waals surface area contributed by atoms with Gasteiger partial charge < -0.3 is 25.8 Å². The standard InChI is InChI=1S/C27H23NO9/c1-37-12-7-5-11(6-8-12)9-14-13-3-2-4-16(29)18(13)23(32)21-19(14)22(31)15-10-17(30)20(26(28)35)24(33)27(15,36)25(21)34/h2-9,15,19-22,29,31,36H,10H2,1H3,(H2,28,35)/t15-,19-,20?,21?,22-,27-/m1/s1. The number of aliphatic hydroxyl groups excluding tert-OH is 1. The molecule has 2 unspecified atom stereocenters. The molecular formula is C27H23NO9. The maximum atomic E-state index is 13.8. The Morgan fingerprint density at radius 3 is 2.38 bits per heavy atom. The van der Waals surface area contributed by atoms with E-state index >= 15 is 0 Å². The van der Waals surface area contributed by atoms with Crippen LogP contribution in [0, 0.1) is 23.7 Å². The summed E-state index contributed by atoms with van der Waals surface area (Å²) in [5.41, 5.74) is 3.21. The molecule has 0 bridgehead atoms. The van der Waals surface area contributed by atoms with Gasteiger partial charge in [0.15, 0.2) is 34.7 Å². The number of primary amides is 1. The lowest BCUT2D eigenvalue weighted by Gasteiger charge is -2.51. The number of Topliss-reactive ketones (excluding diaryl/α,β-unsaturated/α-hetero) is 4. The summed E-state index contributed by atoms with van der Waals surface area (Å²) in [7, 11) is 1.50. The number of phenols is 1. The van der Waals surface area contributed by atoms with Crippen molar-refractivity contribution in [1.82, 2.24) is 0 Å². The zero-order valence-electron chi connectivity index (χ0n) is 19.6. The molecule has 5 N–H and O–H groups in total. The Morgan fingerprint density at radius 2 is 1.76 bits per heavy atom. The number of amides is 1. The maximum absolute atomic E-state index is 13.8. The highest BCUT2D eigenvalue weighted by atomic mass is 16.5. The highest BCUT2D eigenvalue weighted by Crippen LogP contribution is 2.54. The van der Waals surface area contributed by atoms with Gasteiger partial charge in [-0.1, -0.05) is 30.3 Å². The van der Waals surface area contributed by atoms with Gasteiger partial charge in [-0.25, -0.2) is 0 Å². The first-order valence-corrected chi connectivity index (χ1v) is 11.6. The van der Waals surface area contributed by atoms with Crippen LogP contribution in [0.4, 0.5) is 0 Å². The SMILES string of the molecule is COc1ccc(C=C2c3cccc(O)c3C(=O)C3C(=O)[C@]4(O)C(=O)C(C(N)=O)C(=O)C[C@@H]4[C@@H](O)[C@H]23)cc1. The van der Waals surface area contributed by atoms with Gasteiger partial charge in [0, 0.05) is 18.3 Å². The third kappa shape index (κ3) is 3.36. The number of methoxy groups -OCH3 is 1. The van der Waals surface area contributed by atoms with Crippen molar-refractivity contribution in [2.75, 3.05) is 7.11 Å². The minimum atomic E-state index is -2.98. The molecule has 190 valence electrons. The van der Waals surface area contributed by atoms with Crippen molar-refractivity contribution in [2.24, 2.45) is 29.4 Å². The molecule has 37 heavy (non-hydrogen) atoms. The third-order valence-corrected chi connectivity index (χ3v) is 7.68. The number of carbonyl (C=O) groups excluding carboxylic acids is 5. The van der Waals surface area contributed by atoms with Gasteiger partial charge in [0.2, 0.25) is 5.91 Å². The molecule has 0 radical (unpaired) electrons. The van der Waals surface area contributed by atoms with Crippen molar-refractivity contribution in [1.29, 1.82) is 0 Å². The Morgan fingerprint density at radius 1 is 1.08 bits per heavy atom. The average molecular weight is 505 g/mol. The minimum Gasteiger partial charge on any atom is -0.507 e. The molecule has 0 aromatic heterocycles. The Balaban J connectivity index is 1.73. The molecule has 2 fully saturated rings. The van der Waals surface area contributed by atoms with Crippen molar-refractivity contribution in [3.8, 4) is 11.5 Å². The number of phenolic OH excluding ortho intramolecular Hbond substituents is 1. The smallest absolute Gasteiger partial charge is 0.235 e. The Labute approximate surface area is 210 Å². The van der Waals surface area contributed by atoms with Gasteiger partial charge in [-0.3, -0.25) is 24.0 Å². The van der Waals surface area contributed by atoms with E-state index in [2.05, 4.69) is 0 Å². The van der Waals surface area contributed by atoms with Gasteiger partial charge >= 0.3 is 0 Å². The zero-order chi connectivity index (χ0) is 26.8. The van der Waals surface area contributed by atoms with Crippen LogP contribution in [-0.4, -0.2) is 63.2 Å². The fraction of sp³-hybridized carbons (Fsp3) is 0.296. The minimum absolute atomic E-state index is 0.197. The number of hydrogen-bond acceptors (Lipinski definition) is 9. The number of aromatic hydroxyl groups is 1. The summed E-state index contributed by atoms with van der Waals surface area (Å²) >= 11 is 0. The molecule has 5 rings (SSSR count). The molecule has 0 spiro atoms. The second kappa shape index (κ2) is 8.46. The van der Waals surface area contributed by atoms with Crippen molar-refractivity contribution < 1.29 is 44.0 Å². The van der Waals surface area contributed by atoms with Crippen LogP contribution in [-0.2, 0) is 19.2 Å². The summed E-state index contributed by atoms with van der Waals surface area (Å²) in [6, 6.07) is 11.1. The van der Waals surface area contributed by atoms with Crippen LogP contribution < -0.4 is 10.5 Å². The Bertz CT molecular complexity index is 1410. The molecule has 10 nitrogen and oxygen atoms in total. The molecule has 0 aliphatic heterocycles. The van der Waals surface area contributed by atoms with E-state index in [0.717, 1.165) is 0 Å². The van der Waals surface area contributed by atoms with Crippen LogP contribution in [0.3, 0.4) is 0 Å². The predicted molar refractivity (Wildman–Crippen MR) is 127 cm³/mol. The number of fused-ring (bicyclic) bond motifs is 3. The number of aliphatic hydroxyl groups is 2. The number of ether oxygens (including phenoxy) is 1. The van der Waals surface area contributed by atoms with Gasteiger partial charge in [-0.15, -0.1) is 0 Å². The van der Waals surface area contributed by atoms with E-state index in [1.165, 1.54) is 19.2 Å². The van der Waals surface area contributed by atoms with E-state index < -0.39 is 76.6 Å². The second-order valence-corrected chi connectivity index (χ2v) is 9.54. The fourth-order valence-electron chi connectivity index (χ4n) is 5.91. The summed E-state index contributed by atoms with van der Waals surface area (Å²) < 4.78 is 5.17. The summed E-state index contributed by atoms with van der Waals surface area (Å²) in [5.74, 6) is -12.3. The van der Waals surface area contributed by atoms with E-state index in [1.807, 2.05) is 0 Å². The summed E-state index contributed by atoms with van der Waals surface area (Å²) in [4.78, 5) is 64.9. The van der Waals surface area contributed by atoms with Crippen LogP contribution in [0.25, 0.3) is 11.6 Å². The van der Waals surface area contributed by atoms with Crippen molar-refractivity contribution in [3.05, 3.63) is 59.2 Å². The molecule has 2 aromatic rings. The van der Waals surface area contributed by atoms with E-state index in [0.29, 0.717) is 16.9 Å². The molecule has 10 heteroatoms. The van der Waals surface area contributed by atoms with Crippen LogP contribution in [0.15, 0.2) is 42.5 Å². The highest BCUT2D eigenvalue weighted by molar-refractivity contribution is 6.32. The topological polar surface area (TPSA) is 181 Å². The van der Waals surface area contributed by atoms with Gasteiger partial charge in [0.1, 0.15) is 11.5 Å². The number of carbonyl (C=O) groups is 5. The van der Waals surface area contributed by atoms with Crippen molar-refractivity contribution in [3.63, 3.8) is 0 Å². The number of ketones is 4. The van der Waals surface area contributed by atoms with Crippen LogP contribution >= 0.6 is 0 Å². The first-order valence-electron chi connectivity index (χ1n) is 11.6. The zero-order valence-corrected chi connectivity index (χ0v) is 19.6. The maximum Gasteiger partial charge on any atom is 0.235 e. The summed E-state index contributed by atoms with van der Waals surface area (Å²) in [6.45, 7) is 0. The number of rotatable bonds is 3. The molecule has 1 amide bonds. The number of hydrogen-bond donors (Lipinski definition) is 4. The summed E-state index contributed by atoms with van der Waals surface area (Å²) in [6.07, 6.45) is -0.733. The van der Waals surface area contributed by atoms with Crippen molar-refractivity contribution in [2.45, 2.75) is 18.1 Å². The lowest BCUT2D eigenvalue weighted by molar-refractivity contribution is -0.185. The van der Waals surface area contributed by atoms with Crippen LogP contribution in [0.2, 0.25) is 0 Å². The van der Waals surface area contributed by atoms with E-state index in [4.69, 9.17) is 10.5 Å². The second-order valence-electron chi connectivity index (χ2n) is 9.54. The van der Waals surface area contributed by atoms with Gasteiger partial charge in [0.05, 0.1) is 24.7 Å². The molecule has 0 heterocycles. The molecule has 3 aliphatic carbocycles. The average Bonchev–Trinajstić information content (AvgIpc) is 2.86. The number of benzene rings is 2. The predicted octanol–water partition coefficient (Wildman–Crippen LogP) is 0.304. The molecular weight excluding hydrogens is 482 g/mol. The third-order valence-electron chi connectivity index (χ3n) is 7.68. The van der Waals surface area contributed by atoms with Crippen LogP contribution in [0.1, 0.15) is 27.9 Å². The quantitative estimate of drug-likeness (QED) is 0.427.